The molecular formula is C14H25N3O2S. The molecule has 5 nitrogen and oxygen atoms in total. The minimum Gasteiger partial charge on any atom is -0.387 e. The van der Waals surface area contributed by atoms with E-state index in [1.165, 1.54) is 0 Å². The van der Waals surface area contributed by atoms with Crippen LogP contribution in [0.25, 0.3) is 0 Å². The number of hydrogen-bond donors (Lipinski definition) is 2. The normalized spacial score (nSPS) is 15.6. The molecule has 0 aromatic carbocycles. The second kappa shape index (κ2) is 8.32. The van der Waals surface area contributed by atoms with Crippen molar-refractivity contribution in [3.8, 4) is 0 Å². The van der Waals surface area contributed by atoms with Crippen LogP contribution in [0.1, 0.15) is 39.2 Å². The van der Waals surface area contributed by atoms with E-state index in [1.807, 2.05) is 17.0 Å². The lowest BCUT2D eigenvalue weighted by molar-refractivity contribution is -0.122. The molecule has 2 atom stereocenters. The van der Waals surface area contributed by atoms with Gasteiger partial charge in [-0.25, -0.2) is 4.98 Å². The maximum Gasteiger partial charge on any atom is 0.222 e. The number of carbonyl (C=O) groups is 1. The summed E-state index contributed by atoms with van der Waals surface area (Å²) in [5, 5.41) is 12.9. The molecule has 2 unspecified atom stereocenters. The van der Waals surface area contributed by atoms with E-state index in [4.69, 9.17) is 0 Å². The summed E-state index contributed by atoms with van der Waals surface area (Å²) in [5.41, 5.74) is -0.857. The summed E-state index contributed by atoms with van der Waals surface area (Å²) < 4.78 is 1.98. The third-order valence-corrected chi connectivity index (χ3v) is 4.02. The van der Waals surface area contributed by atoms with E-state index < -0.39 is 5.60 Å². The van der Waals surface area contributed by atoms with Gasteiger partial charge in [0.25, 0.3) is 0 Å². The van der Waals surface area contributed by atoms with E-state index >= 15 is 0 Å². The number of amides is 1. The number of aromatic nitrogens is 2. The van der Waals surface area contributed by atoms with Gasteiger partial charge in [0.05, 0.1) is 11.9 Å². The lowest BCUT2D eigenvalue weighted by Gasteiger charge is -2.23. The highest BCUT2D eigenvalue weighted by atomic mass is 32.2. The summed E-state index contributed by atoms with van der Waals surface area (Å²) in [6.07, 6.45) is 9.66. The van der Waals surface area contributed by atoms with Gasteiger partial charge in [0.2, 0.25) is 5.91 Å². The smallest absolute Gasteiger partial charge is 0.222 e. The first-order valence-electron chi connectivity index (χ1n) is 6.94. The van der Waals surface area contributed by atoms with Crippen LogP contribution >= 0.6 is 11.8 Å². The fourth-order valence-corrected chi connectivity index (χ4v) is 2.84. The molecule has 114 valence electrons. The lowest BCUT2D eigenvalue weighted by atomic mass is 10.1. The van der Waals surface area contributed by atoms with Crippen molar-refractivity contribution in [2.45, 2.75) is 44.8 Å². The van der Waals surface area contributed by atoms with Crippen molar-refractivity contribution in [1.82, 2.24) is 14.9 Å². The van der Waals surface area contributed by atoms with Crippen molar-refractivity contribution >= 4 is 17.7 Å². The van der Waals surface area contributed by atoms with E-state index in [0.29, 0.717) is 12.2 Å². The molecule has 0 spiro atoms. The van der Waals surface area contributed by atoms with E-state index in [0.717, 1.165) is 12.8 Å². The van der Waals surface area contributed by atoms with Crippen molar-refractivity contribution in [1.29, 1.82) is 0 Å². The van der Waals surface area contributed by atoms with Crippen LogP contribution < -0.4 is 5.32 Å². The Labute approximate surface area is 125 Å². The lowest BCUT2D eigenvalue weighted by Crippen LogP contribution is -2.42. The van der Waals surface area contributed by atoms with Crippen LogP contribution in [0.3, 0.4) is 0 Å². The molecule has 0 aliphatic carbocycles. The fraction of sp³-hybridized carbons (Fsp3) is 0.714. The number of carbonyl (C=O) groups excluding carboxylic acids is 1. The molecule has 1 aromatic heterocycles. The largest absolute Gasteiger partial charge is 0.387 e. The summed E-state index contributed by atoms with van der Waals surface area (Å²) in [7, 11) is 0. The third kappa shape index (κ3) is 5.96. The third-order valence-electron chi connectivity index (χ3n) is 3.11. The van der Waals surface area contributed by atoms with Crippen molar-refractivity contribution in [3.05, 3.63) is 18.7 Å². The fourth-order valence-electron chi connectivity index (χ4n) is 2.11. The Bertz CT molecular complexity index is 393. The molecule has 0 bridgehead atoms. The monoisotopic (exact) mass is 299 g/mol. The predicted octanol–water partition coefficient (Wildman–Crippen LogP) is 1.84. The first-order valence-corrected chi connectivity index (χ1v) is 8.33. The summed E-state index contributed by atoms with van der Waals surface area (Å²) in [6.45, 7) is 4.13. The topological polar surface area (TPSA) is 67.2 Å². The molecule has 0 aliphatic rings. The van der Waals surface area contributed by atoms with E-state index in [1.54, 1.807) is 31.2 Å². The highest BCUT2D eigenvalue weighted by Gasteiger charge is 2.21. The highest BCUT2D eigenvalue weighted by Crippen LogP contribution is 2.17. The summed E-state index contributed by atoms with van der Waals surface area (Å²) in [4.78, 5) is 16.0. The van der Waals surface area contributed by atoms with Gasteiger partial charge in [-0.2, -0.15) is 11.8 Å². The first kappa shape index (κ1) is 17.0. The zero-order chi connectivity index (χ0) is 15.0. The summed E-state index contributed by atoms with van der Waals surface area (Å²) >= 11 is 1.57. The first-order chi connectivity index (χ1) is 9.48. The molecule has 0 fully saturated rings. The molecule has 6 heteroatoms. The maximum absolute atomic E-state index is 12.0. The van der Waals surface area contributed by atoms with Gasteiger partial charge in [-0.05, 0) is 19.6 Å². The van der Waals surface area contributed by atoms with E-state index in [2.05, 4.69) is 17.2 Å². The van der Waals surface area contributed by atoms with Crippen LogP contribution in [0.4, 0.5) is 0 Å². The number of hydrogen-bond acceptors (Lipinski definition) is 4. The number of aliphatic hydroxyl groups is 1. The van der Waals surface area contributed by atoms with Crippen molar-refractivity contribution in [3.63, 3.8) is 0 Å². The van der Waals surface area contributed by atoms with Crippen LogP contribution in [0.5, 0.6) is 0 Å². The Hall–Kier alpha value is -1.01. The summed E-state index contributed by atoms with van der Waals surface area (Å²) in [6, 6.07) is 0.132. The van der Waals surface area contributed by atoms with Gasteiger partial charge in [0, 0.05) is 37.2 Å². The molecule has 1 amide bonds. The van der Waals surface area contributed by atoms with Gasteiger partial charge in [0.1, 0.15) is 0 Å². The quantitative estimate of drug-likeness (QED) is 0.730. The van der Waals surface area contributed by atoms with Crippen LogP contribution in [-0.2, 0) is 4.79 Å². The van der Waals surface area contributed by atoms with E-state index in [9.17, 15) is 9.90 Å². The minimum atomic E-state index is -0.857. The number of imidazole rings is 1. The molecule has 20 heavy (non-hydrogen) atoms. The molecule has 1 aromatic rings. The van der Waals surface area contributed by atoms with Gasteiger partial charge in [-0.15, -0.1) is 0 Å². The minimum absolute atomic E-state index is 0.0291. The molecule has 0 radical (unpaired) electrons. The van der Waals surface area contributed by atoms with Crippen molar-refractivity contribution in [2.24, 2.45) is 0 Å². The van der Waals surface area contributed by atoms with Crippen LogP contribution in [-0.4, -0.2) is 44.7 Å². The Balaban J connectivity index is 2.47. The van der Waals surface area contributed by atoms with Crippen LogP contribution in [0.2, 0.25) is 0 Å². The van der Waals surface area contributed by atoms with E-state index in [-0.39, 0.29) is 18.5 Å². The van der Waals surface area contributed by atoms with Gasteiger partial charge in [-0.1, -0.05) is 13.3 Å². The number of nitrogens with zero attached hydrogens (tertiary/aromatic N) is 2. The maximum atomic E-state index is 12.0. The Morgan fingerprint density at radius 1 is 1.60 bits per heavy atom. The Kier molecular flexibility index (Phi) is 7.09. The second-order valence-electron chi connectivity index (χ2n) is 5.36. The molecule has 1 rings (SSSR count). The average Bonchev–Trinajstić information content (AvgIpc) is 2.90. The van der Waals surface area contributed by atoms with Crippen molar-refractivity contribution < 1.29 is 9.90 Å². The molecule has 2 N–H and O–H groups in total. The Morgan fingerprint density at radius 3 is 2.90 bits per heavy atom. The second-order valence-corrected chi connectivity index (χ2v) is 6.23. The zero-order valence-electron chi connectivity index (χ0n) is 12.5. The molecule has 1 heterocycles. The zero-order valence-corrected chi connectivity index (χ0v) is 13.3. The summed E-state index contributed by atoms with van der Waals surface area (Å²) in [5.74, 6) is 0.575. The highest BCUT2D eigenvalue weighted by molar-refractivity contribution is 7.98. The van der Waals surface area contributed by atoms with Gasteiger partial charge in [-0.3, -0.25) is 4.79 Å². The predicted molar refractivity (Wildman–Crippen MR) is 82.8 cm³/mol. The standard InChI is InChI=1S/C14H25N3O2S/c1-4-5-12(17-7-6-15-11-17)8-13(18)16-9-14(2,19)10-20-3/h6-7,11-12,19H,4-5,8-10H2,1-3H3,(H,16,18). The number of thioether (sulfide) groups is 1. The molecular weight excluding hydrogens is 274 g/mol. The average molecular weight is 299 g/mol. The van der Waals surface area contributed by atoms with Crippen LogP contribution in [0.15, 0.2) is 18.7 Å². The van der Waals surface area contributed by atoms with Crippen LogP contribution in [0, 0.1) is 0 Å². The Morgan fingerprint density at radius 2 is 2.35 bits per heavy atom. The molecule has 0 saturated carbocycles. The number of nitrogens with one attached hydrogen (secondary N) is 1. The van der Waals surface area contributed by atoms with Gasteiger partial charge in [0.15, 0.2) is 0 Å². The van der Waals surface area contributed by atoms with Gasteiger partial charge >= 0.3 is 0 Å². The SMILES string of the molecule is CCCC(CC(=O)NCC(C)(O)CSC)n1ccnc1. The van der Waals surface area contributed by atoms with Crippen molar-refractivity contribution in [2.75, 3.05) is 18.6 Å². The molecule has 0 saturated heterocycles. The molecule has 0 aliphatic heterocycles. The number of rotatable bonds is 9. The van der Waals surface area contributed by atoms with Gasteiger partial charge < -0.3 is 15.0 Å².